The Morgan fingerprint density at radius 2 is 1.88 bits per heavy atom. The quantitative estimate of drug-likeness (QED) is 0.879. The number of carboxylic acids is 1. The van der Waals surface area contributed by atoms with Crippen molar-refractivity contribution in [2.45, 2.75) is 0 Å². The fourth-order valence-electron chi connectivity index (χ4n) is 2.71. The number of nitrogens with one attached hydrogen (secondary N) is 1. The maximum Gasteiger partial charge on any atom is 0.339 e. The molecule has 0 atom stereocenters. The number of hydrogen-bond acceptors (Lipinski definition) is 4. The Bertz CT molecular complexity index is 791. The molecule has 130 valence electrons. The number of pyridine rings is 1. The Kier molecular flexibility index (Phi) is 5.04. The van der Waals surface area contributed by atoms with Crippen molar-refractivity contribution in [3.8, 4) is 0 Å². The van der Waals surface area contributed by atoms with Crippen LogP contribution in [-0.2, 0) is 0 Å². The highest BCUT2D eigenvalue weighted by Crippen LogP contribution is 2.20. The first-order chi connectivity index (χ1) is 12.0. The molecule has 1 aliphatic heterocycles. The average molecular weight is 361 g/mol. The predicted molar refractivity (Wildman–Crippen MR) is 95.5 cm³/mol. The summed E-state index contributed by atoms with van der Waals surface area (Å²) >= 11 is 5.91. The molecule has 7 nitrogen and oxygen atoms in total. The van der Waals surface area contributed by atoms with Gasteiger partial charge in [0.25, 0.3) is 0 Å². The summed E-state index contributed by atoms with van der Waals surface area (Å²) in [5.41, 5.74) is 0.803. The van der Waals surface area contributed by atoms with E-state index >= 15 is 0 Å². The molecule has 2 heterocycles. The predicted octanol–water partition coefficient (Wildman–Crippen LogP) is 2.79. The van der Waals surface area contributed by atoms with E-state index in [1.807, 2.05) is 4.90 Å². The van der Waals surface area contributed by atoms with Gasteiger partial charge in [-0.05, 0) is 30.3 Å². The van der Waals surface area contributed by atoms with Crippen molar-refractivity contribution >= 4 is 35.1 Å². The minimum absolute atomic E-state index is 0.166. The van der Waals surface area contributed by atoms with E-state index < -0.39 is 5.97 Å². The number of aromatic carboxylic acids is 1. The summed E-state index contributed by atoms with van der Waals surface area (Å²) in [6, 6.07) is 9.88. The van der Waals surface area contributed by atoms with Gasteiger partial charge in [-0.2, -0.15) is 0 Å². The lowest BCUT2D eigenvalue weighted by Crippen LogP contribution is -2.50. The maximum atomic E-state index is 12.3. The fourth-order valence-corrected chi connectivity index (χ4v) is 2.90. The van der Waals surface area contributed by atoms with Crippen LogP contribution in [0.2, 0.25) is 5.02 Å². The van der Waals surface area contributed by atoms with E-state index in [1.165, 1.54) is 6.07 Å². The molecule has 0 unspecified atom stereocenters. The van der Waals surface area contributed by atoms with Crippen LogP contribution in [0.1, 0.15) is 10.4 Å². The summed E-state index contributed by atoms with van der Waals surface area (Å²) in [4.78, 5) is 31.4. The first-order valence-corrected chi connectivity index (χ1v) is 8.17. The lowest BCUT2D eigenvalue weighted by molar-refractivity contribution is 0.0697. The highest BCUT2D eigenvalue weighted by Gasteiger charge is 2.24. The smallest absolute Gasteiger partial charge is 0.339 e. The Morgan fingerprint density at radius 3 is 2.56 bits per heavy atom. The Hall–Kier alpha value is -2.80. The van der Waals surface area contributed by atoms with Crippen molar-refractivity contribution in [3.63, 3.8) is 0 Å². The van der Waals surface area contributed by atoms with E-state index in [0.717, 1.165) is 0 Å². The molecule has 1 saturated heterocycles. The Morgan fingerprint density at radius 1 is 1.12 bits per heavy atom. The van der Waals surface area contributed by atoms with E-state index in [9.17, 15) is 14.7 Å². The van der Waals surface area contributed by atoms with E-state index in [1.54, 1.807) is 41.4 Å². The Labute approximate surface area is 149 Å². The number of carboxylic acid groups (broad SMARTS) is 1. The standard InChI is InChI=1S/C17H17ClN4O3/c18-12-3-1-4-13(11-12)20-17(25)22-9-7-21(8-10-22)15-14(16(23)24)5-2-6-19-15/h1-6,11H,7-10H2,(H,20,25)(H,23,24). The van der Waals surface area contributed by atoms with E-state index in [4.69, 9.17) is 11.6 Å². The third-order valence-electron chi connectivity index (χ3n) is 3.96. The van der Waals surface area contributed by atoms with Crippen molar-refractivity contribution < 1.29 is 14.7 Å². The number of urea groups is 1. The van der Waals surface area contributed by atoms with Gasteiger partial charge in [0.05, 0.1) is 0 Å². The number of carbonyl (C=O) groups excluding carboxylic acids is 1. The van der Waals surface area contributed by atoms with Crippen LogP contribution in [0.25, 0.3) is 0 Å². The molecule has 1 fully saturated rings. The normalized spacial score (nSPS) is 14.3. The zero-order valence-corrected chi connectivity index (χ0v) is 14.1. The van der Waals surface area contributed by atoms with Crippen LogP contribution >= 0.6 is 11.6 Å². The molecule has 8 heteroatoms. The average Bonchev–Trinajstić information content (AvgIpc) is 2.62. The van der Waals surface area contributed by atoms with Crippen molar-refractivity contribution in [3.05, 3.63) is 53.2 Å². The molecule has 0 saturated carbocycles. The number of halogens is 1. The highest BCUT2D eigenvalue weighted by atomic mass is 35.5. The van der Waals surface area contributed by atoms with Crippen LogP contribution in [0, 0.1) is 0 Å². The molecule has 2 N–H and O–H groups in total. The van der Waals surface area contributed by atoms with Crippen LogP contribution in [0.3, 0.4) is 0 Å². The molecule has 0 radical (unpaired) electrons. The summed E-state index contributed by atoms with van der Waals surface area (Å²) in [6.45, 7) is 1.98. The van der Waals surface area contributed by atoms with Gasteiger partial charge in [-0.15, -0.1) is 0 Å². The molecule has 1 aromatic heterocycles. The van der Waals surface area contributed by atoms with E-state index in [-0.39, 0.29) is 11.6 Å². The molecule has 1 aromatic carbocycles. The van der Waals surface area contributed by atoms with Crippen molar-refractivity contribution in [2.75, 3.05) is 36.4 Å². The van der Waals surface area contributed by atoms with Crippen molar-refractivity contribution in [1.29, 1.82) is 0 Å². The molecular weight excluding hydrogens is 344 g/mol. The van der Waals surface area contributed by atoms with Gasteiger partial charge in [0, 0.05) is 43.1 Å². The summed E-state index contributed by atoms with van der Waals surface area (Å²) in [7, 11) is 0. The van der Waals surface area contributed by atoms with Gasteiger partial charge in [-0.25, -0.2) is 14.6 Å². The minimum Gasteiger partial charge on any atom is -0.478 e. The molecule has 25 heavy (non-hydrogen) atoms. The van der Waals surface area contributed by atoms with Gasteiger partial charge in [0.2, 0.25) is 0 Å². The summed E-state index contributed by atoms with van der Waals surface area (Å²) in [6.07, 6.45) is 1.57. The molecule has 0 bridgehead atoms. The summed E-state index contributed by atoms with van der Waals surface area (Å²) < 4.78 is 0. The SMILES string of the molecule is O=C(O)c1cccnc1N1CCN(C(=O)Nc2cccc(Cl)c2)CC1. The summed E-state index contributed by atoms with van der Waals surface area (Å²) in [5.74, 6) is -0.575. The highest BCUT2D eigenvalue weighted by molar-refractivity contribution is 6.30. The number of carbonyl (C=O) groups is 2. The second-order valence-corrected chi connectivity index (χ2v) is 6.03. The number of anilines is 2. The Balaban J connectivity index is 1.62. The molecule has 0 aliphatic carbocycles. The number of hydrogen-bond donors (Lipinski definition) is 2. The van der Waals surface area contributed by atoms with Gasteiger partial charge in [-0.1, -0.05) is 17.7 Å². The lowest BCUT2D eigenvalue weighted by atomic mass is 10.2. The zero-order valence-electron chi connectivity index (χ0n) is 13.4. The first kappa shape index (κ1) is 17.0. The van der Waals surface area contributed by atoms with Crippen LogP contribution in [0.5, 0.6) is 0 Å². The lowest BCUT2D eigenvalue weighted by Gasteiger charge is -2.35. The topological polar surface area (TPSA) is 85.8 Å². The monoisotopic (exact) mass is 360 g/mol. The number of benzene rings is 1. The van der Waals surface area contributed by atoms with Crippen LogP contribution < -0.4 is 10.2 Å². The zero-order chi connectivity index (χ0) is 17.8. The third-order valence-corrected chi connectivity index (χ3v) is 4.19. The molecule has 1 aliphatic rings. The molecule has 0 spiro atoms. The minimum atomic E-state index is -1.01. The molecular formula is C17H17ClN4O3. The number of rotatable bonds is 3. The fraction of sp³-hybridized carbons (Fsp3) is 0.235. The van der Waals surface area contributed by atoms with E-state index in [0.29, 0.717) is 42.7 Å². The van der Waals surface area contributed by atoms with E-state index in [2.05, 4.69) is 10.3 Å². The molecule has 2 amide bonds. The first-order valence-electron chi connectivity index (χ1n) is 7.79. The van der Waals surface area contributed by atoms with Crippen LogP contribution in [-0.4, -0.2) is 53.2 Å². The van der Waals surface area contributed by atoms with Gasteiger partial charge in [0.1, 0.15) is 11.4 Å². The van der Waals surface area contributed by atoms with Crippen LogP contribution in [0.4, 0.5) is 16.3 Å². The van der Waals surface area contributed by atoms with Crippen molar-refractivity contribution in [2.24, 2.45) is 0 Å². The number of aromatic nitrogens is 1. The van der Waals surface area contributed by atoms with Gasteiger partial charge in [0.15, 0.2) is 0 Å². The number of amides is 2. The second kappa shape index (κ2) is 7.40. The molecule has 2 aromatic rings. The molecule has 3 rings (SSSR count). The van der Waals surface area contributed by atoms with Gasteiger partial charge < -0.3 is 20.2 Å². The van der Waals surface area contributed by atoms with Crippen LogP contribution in [0.15, 0.2) is 42.6 Å². The third kappa shape index (κ3) is 4.00. The van der Waals surface area contributed by atoms with Gasteiger partial charge >= 0.3 is 12.0 Å². The second-order valence-electron chi connectivity index (χ2n) is 5.59. The number of nitrogens with zero attached hydrogens (tertiary/aromatic N) is 3. The van der Waals surface area contributed by atoms with Gasteiger partial charge in [-0.3, -0.25) is 0 Å². The summed E-state index contributed by atoms with van der Waals surface area (Å²) in [5, 5.41) is 12.6. The number of piperazine rings is 1. The van der Waals surface area contributed by atoms with Crippen molar-refractivity contribution in [1.82, 2.24) is 9.88 Å². The maximum absolute atomic E-state index is 12.3. The largest absolute Gasteiger partial charge is 0.478 e.